The SMILES string of the molecule is COc1cccc(NC(=O)CSc2ccc(-c3cc(OC)c(OC)c(OC)c3)nn2)c1. The maximum Gasteiger partial charge on any atom is 0.234 e. The summed E-state index contributed by atoms with van der Waals surface area (Å²) in [5, 5.41) is 12.0. The van der Waals surface area contributed by atoms with E-state index in [-0.39, 0.29) is 11.7 Å². The first-order chi connectivity index (χ1) is 15.1. The van der Waals surface area contributed by atoms with Crippen molar-refractivity contribution in [1.82, 2.24) is 10.2 Å². The summed E-state index contributed by atoms with van der Waals surface area (Å²) in [6, 6.07) is 14.4. The minimum Gasteiger partial charge on any atom is -0.497 e. The lowest BCUT2D eigenvalue weighted by atomic mass is 10.1. The molecule has 3 rings (SSSR count). The Morgan fingerprint density at radius 1 is 0.903 bits per heavy atom. The molecule has 1 amide bonds. The Bertz CT molecular complexity index is 1020. The van der Waals surface area contributed by atoms with Crippen molar-refractivity contribution in [1.29, 1.82) is 0 Å². The predicted octanol–water partition coefficient (Wildman–Crippen LogP) is 3.91. The predicted molar refractivity (Wildman–Crippen MR) is 119 cm³/mol. The molecule has 0 saturated carbocycles. The van der Waals surface area contributed by atoms with Gasteiger partial charge < -0.3 is 24.3 Å². The number of anilines is 1. The molecule has 8 nitrogen and oxygen atoms in total. The molecular weight excluding hydrogens is 418 g/mol. The maximum absolute atomic E-state index is 12.2. The second kappa shape index (κ2) is 10.5. The Balaban J connectivity index is 1.66. The number of hydrogen-bond acceptors (Lipinski definition) is 8. The summed E-state index contributed by atoms with van der Waals surface area (Å²) in [5.74, 6) is 2.32. The van der Waals surface area contributed by atoms with Crippen molar-refractivity contribution in [3.05, 3.63) is 48.5 Å². The average Bonchev–Trinajstić information content (AvgIpc) is 2.82. The first-order valence-corrected chi connectivity index (χ1v) is 10.3. The van der Waals surface area contributed by atoms with Crippen molar-refractivity contribution in [2.75, 3.05) is 39.5 Å². The molecule has 31 heavy (non-hydrogen) atoms. The monoisotopic (exact) mass is 441 g/mol. The largest absolute Gasteiger partial charge is 0.497 e. The van der Waals surface area contributed by atoms with Crippen LogP contribution >= 0.6 is 11.8 Å². The van der Waals surface area contributed by atoms with Crippen molar-refractivity contribution < 1.29 is 23.7 Å². The van der Waals surface area contributed by atoms with Gasteiger partial charge in [0.05, 0.1) is 39.9 Å². The van der Waals surface area contributed by atoms with Crippen LogP contribution in [-0.2, 0) is 4.79 Å². The second-order valence-corrected chi connectivity index (χ2v) is 7.24. The van der Waals surface area contributed by atoms with Crippen molar-refractivity contribution in [3.63, 3.8) is 0 Å². The lowest BCUT2D eigenvalue weighted by molar-refractivity contribution is -0.113. The fraction of sp³-hybridized carbons (Fsp3) is 0.227. The molecule has 1 heterocycles. The third-order valence-electron chi connectivity index (χ3n) is 4.31. The molecule has 2 aromatic carbocycles. The highest BCUT2D eigenvalue weighted by Gasteiger charge is 2.15. The van der Waals surface area contributed by atoms with Crippen LogP contribution < -0.4 is 24.3 Å². The lowest BCUT2D eigenvalue weighted by Crippen LogP contribution is -2.14. The molecule has 0 aliphatic heterocycles. The number of aromatic nitrogens is 2. The Morgan fingerprint density at radius 3 is 2.23 bits per heavy atom. The summed E-state index contributed by atoms with van der Waals surface area (Å²) >= 11 is 1.30. The van der Waals surface area contributed by atoms with Crippen LogP contribution in [0.4, 0.5) is 5.69 Å². The van der Waals surface area contributed by atoms with E-state index in [0.29, 0.717) is 39.4 Å². The van der Waals surface area contributed by atoms with Gasteiger partial charge in [0.2, 0.25) is 11.7 Å². The summed E-state index contributed by atoms with van der Waals surface area (Å²) in [4.78, 5) is 12.2. The molecule has 0 unspecified atom stereocenters. The first-order valence-electron chi connectivity index (χ1n) is 9.28. The van der Waals surface area contributed by atoms with Crippen LogP contribution in [0.2, 0.25) is 0 Å². The number of nitrogens with one attached hydrogen (secondary N) is 1. The topological polar surface area (TPSA) is 91.8 Å². The van der Waals surface area contributed by atoms with Crippen LogP contribution in [0.3, 0.4) is 0 Å². The Labute approximate surface area is 184 Å². The number of methoxy groups -OCH3 is 4. The molecule has 1 aromatic heterocycles. The van der Waals surface area contributed by atoms with E-state index in [9.17, 15) is 4.79 Å². The third-order valence-corrected chi connectivity index (χ3v) is 5.23. The number of hydrogen-bond donors (Lipinski definition) is 1. The van der Waals surface area contributed by atoms with Crippen molar-refractivity contribution >= 4 is 23.4 Å². The van der Waals surface area contributed by atoms with Gasteiger partial charge in [-0.05, 0) is 36.4 Å². The molecular formula is C22H23N3O5S. The number of ether oxygens (including phenoxy) is 4. The Hall–Kier alpha value is -3.46. The maximum atomic E-state index is 12.2. The number of rotatable bonds is 9. The van der Waals surface area contributed by atoms with Gasteiger partial charge in [-0.1, -0.05) is 17.8 Å². The molecule has 0 fully saturated rings. The van der Waals surface area contributed by atoms with Gasteiger partial charge in [-0.15, -0.1) is 10.2 Å². The number of benzene rings is 2. The van der Waals surface area contributed by atoms with E-state index >= 15 is 0 Å². The standard InChI is InChI=1S/C22H23N3O5S/c1-27-16-7-5-6-15(12-16)23-20(26)13-31-21-9-8-17(24-25-21)14-10-18(28-2)22(30-4)19(11-14)29-3/h5-12H,13H2,1-4H3,(H,23,26). The van der Waals surface area contributed by atoms with Crippen LogP contribution in [-0.4, -0.2) is 50.3 Å². The van der Waals surface area contributed by atoms with Crippen molar-refractivity contribution in [2.24, 2.45) is 0 Å². The third kappa shape index (κ3) is 5.58. The number of nitrogens with zero attached hydrogens (tertiary/aromatic N) is 2. The molecule has 0 aliphatic carbocycles. The number of carbonyl (C=O) groups excluding carboxylic acids is 1. The summed E-state index contributed by atoms with van der Waals surface area (Å²) in [7, 11) is 6.25. The molecule has 1 N–H and O–H groups in total. The van der Waals surface area contributed by atoms with E-state index in [1.54, 1.807) is 52.7 Å². The van der Waals surface area contributed by atoms with Crippen LogP contribution in [0.1, 0.15) is 0 Å². The smallest absolute Gasteiger partial charge is 0.234 e. The van der Waals surface area contributed by atoms with Gasteiger partial charge in [0.1, 0.15) is 10.8 Å². The number of thioether (sulfide) groups is 1. The van der Waals surface area contributed by atoms with E-state index < -0.39 is 0 Å². The van der Waals surface area contributed by atoms with Gasteiger partial charge in [0.25, 0.3) is 0 Å². The summed E-state index contributed by atoms with van der Waals surface area (Å²) < 4.78 is 21.3. The molecule has 0 aliphatic rings. The Morgan fingerprint density at radius 2 is 1.65 bits per heavy atom. The molecule has 0 spiro atoms. The van der Waals surface area contributed by atoms with Gasteiger partial charge in [-0.2, -0.15) is 0 Å². The minimum absolute atomic E-state index is 0.145. The van der Waals surface area contributed by atoms with E-state index in [1.165, 1.54) is 11.8 Å². The average molecular weight is 442 g/mol. The van der Waals surface area contributed by atoms with E-state index in [2.05, 4.69) is 15.5 Å². The highest BCUT2D eigenvalue weighted by Crippen LogP contribution is 2.40. The summed E-state index contributed by atoms with van der Waals surface area (Å²) in [6.45, 7) is 0. The van der Waals surface area contributed by atoms with E-state index in [4.69, 9.17) is 18.9 Å². The molecule has 0 radical (unpaired) electrons. The van der Waals surface area contributed by atoms with Crippen molar-refractivity contribution in [2.45, 2.75) is 5.03 Å². The molecule has 9 heteroatoms. The molecule has 0 saturated heterocycles. The van der Waals surface area contributed by atoms with Gasteiger partial charge in [0.15, 0.2) is 11.5 Å². The molecule has 162 valence electrons. The van der Waals surface area contributed by atoms with Crippen LogP contribution in [0.25, 0.3) is 11.3 Å². The Kier molecular flexibility index (Phi) is 7.55. The van der Waals surface area contributed by atoms with Gasteiger partial charge in [-0.25, -0.2) is 0 Å². The van der Waals surface area contributed by atoms with Crippen LogP contribution in [0.15, 0.2) is 53.6 Å². The molecule has 0 atom stereocenters. The lowest BCUT2D eigenvalue weighted by Gasteiger charge is -2.13. The summed E-state index contributed by atoms with van der Waals surface area (Å²) in [6.07, 6.45) is 0. The number of amides is 1. The second-order valence-electron chi connectivity index (χ2n) is 6.24. The number of carbonyl (C=O) groups is 1. The zero-order valence-corrected chi connectivity index (χ0v) is 18.5. The molecule has 3 aromatic rings. The van der Waals surface area contributed by atoms with Crippen LogP contribution in [0.5, 0.6) is 23.0 Å². The van der Waals surface area contributed by atoms with Gasteiger partial charge >= 0.3 is 0 Å². The van der Waals surface area contributed by atoms with Crippen LogP contribution in [0, 0.1) is 0 Å². The van der Waals surface area contributed by atoms with Crippen molar-refractivity contribution in [3.8, 4) is 34.3 Å². The highest BCUT2D eigenvalue weighted by atomic mass is 32.2. The molecule has 0 bridgehead atoms. The van der Waals surface area contributed by atoms with E-state index in [1.807, 2.05) is 24.3 Å². The first kappa shape index (κ1) is 22.2. The van der Waals surface area contributed by atoms with Gasteiger partial charge in [-0.3, -0.25) is 4.79 Å². The zero-order valence-electron chi connectivity index (χ0n) is 17.7. The fourth-order valence-corrected chi connectivity index (χ4v) is 3.43. The van der Waals surface area contributed by atoms with E-state index in [0.717, 1.165) is 5.56 Å². The zero-order chi connectivity index (χ0) is 22.2. The highest BCUT2D eigenvalue weighted by molar-refractivity contribution is 7.99. The minimum atomic E-state index is -0.145. The normalized spacial score (nSPS) is 10.3. The van der Waals surface area contributed by atoms with Gasteiger partial charge in [0, 0.05) is 17.3 Å². The quantitative estimate of drug-likeness (QED) is 0.500. The summed E-state index contributed by atoms with van der Waals surface area (Å²) in [5.41, 5.74) is 2.09. The fourth-order valence-electron chi connectivity index (χ4n) is 2.82.